The fourth-order valence-electron chi connectivity index (χ4n) is 1.08. The predicted molar refractivity (Wildman–Crippen MR) is 59.8 cm³/mol. The van der Waals surface area contributed by atoms with Crippen molar-refractivity contribution in [3.63, 3.8) is 0 Å². The number of hydrogen-bond donors (Lipinski definition) is 2. The van der Waals surface area contributed by atoms with Crippen LogP contribution in [0.15, 0.2) is 16.6 Å². The van der Waals surface area contributed by atoms with Gasteiger partial charge in [-0.15, -0.1) is 0 Å². The Kier molecular flexibility index (Phi) is 3.96. The van der Waals surface area contributed by atoms with Gasteiger partial charge in [0.05, 0.1) is 11.6 Å². The van der Waals surface area contributed by atoms with Gasteiger partial charge in [-0.1, -0.05) is 11.6 Å². The number of benzene rings is 1. The number of rotatable bonds is 2. The third-order valence-corrected chi connectivity index (χ3v) is 2.67. The fourth-order valence-corrected chi connectivity index (χ4v) is 1.91. The second kappa shape index (κ2) is 4.83. The van der Waals surface area contributed by atoms with Gasteiger partial charge in [0.15, 0.2) is 0 Å². The molecule has 0 radical (unpaired) electrons. The zero-order chi connectivity index (χ0) is 11.6. The smallest absolute Gasteiger partial charge is 0.327 e. The van der Waals surface area contributed by atoms with Gasteiger partial charge in [-0.25, -0.2) is 0 Å². The highest BCUT2D eigenvalue weighted by molar-refractivity contribution is 9.10. The lowest BCUT2D eigenvalue weighted by atomic mass is 10.1. The average molecular weight is 295 g/mol. The molecule has 1 aromatic rings. The fraction of sp³-hybridized carbons (Fsp3) is 0.222. The summed E-state index contributed by atoms with van der Waals surface area (Å²) in [6.07, 6.45) is 0. The van der Waals surface area contributed by atoms with Crippen LogP contribution in [0.25, 0.3) is 0 Å². The molecule has 0 spiro atoms. The van der Waals surface area contributed by atoms with Gasteiger partial charge in [-0.05, 0) is 28.1 Å². The summed E-state index contributed by atoms with van der Waals surface area (Å²) in [5.74, 6) is -0.753. The van der Waals surface area contributed by atoms with Crippen LogP contribution < -0.4 is 5.73 Å². The first-order valence-electron chi connectivity index (χ1n) is 3.98. The number of phenolic OH excluding ortho intramolecular Hbond substituents is 1. The summed E-state index contributed by atoms with van der Waals surface area (Å²) in [6, 6.07) is 1.87. The van der Waals surface area contributed by atoms with Gasteiger partial charge in [0.25, 0.3) is 0 Å². The molecule has 15 heavy (non-hydrogen) atoms. The number of hydrogen-bond acceptors (Lipinski definition) is 4. The van der Waals surface area contributed by atoms with Gasteiger partial charge >= 0.3 is 5.97 Å². The van der Waals surface area contributed by atoms with E-state index in [0.717, 1.165) is 0 Å². The van der Waals surface area contributed by atoms with Gasteiger partial charge in [0.1, 0.15) is 11.8 Å². The summed E-state index contributed by atoms with van der Waals surface area (Å²) in [4.78, 5) is 11.2. The molecule has 1 aromatic carbocycles. The van der Waals surface area contributed by atoms with Crippen molar-refractivity contribution >= 4 is 33.5 Å². The molecule has 0 unspecified atom stereocenters. The summed E-state index contributed by atoms with van der Waals surface area (Å²) >= 11 is 8.86. The molecule has 0 aliphatic carbocycles. The number of nitrogens with two attached hydrogens (primary N) is 1. The second-order valence-corrected chi connectivity index (χ2v) is 4.12. The summed E-state index contributed by atoms with van der Waals surface area (Å²) in [5.41, 5.74) is 5.80. The molecule has 0 saturated carbocycles. The van der Waals surface area contributed by atoms with E-state index in [-0.39, 0.29) is 11.3 Å². The predicted octanol–water partition coefficient (Wildman–Crippen LogP) is 1.98. The Morgan fingerprint density at radius 2 is 2.27 bits per heavy atom. The highest BCUT2D eigenvalue weighted by Gasteiger charge is 2.21. The standard InChI is InChI=1S/C9H9BrClNO3/c1-15-9(14)7(12)5-2-4(11)3-6(10)8(5)13/h2-3,7,13H,12H2,1H3/t7-/m1/s1. The molecule has 0 aliphatic rings. The zero-order valence-electron chi connectivity index (χ0n) is 7.83. The molecule has 4 nitrogen and oxygen atoms in total. The Labute approximate surface area is 100 Å². The van der Waals surface area contributed by atoms with E-state index < -0.39 is 12.0 Å². The third kappa shape index (κ3) is 2.62. The number of halogens is 2. The molecule has 0 amide bonds. The van der Waals surface area contributed by atoms with E-state index in [9.17, 15) is 9.90 Å². The molecular formula is C9H9BrClNO3. The van der Waals surface area contributed by atoms with E-state index in [1.807, 2.05) is 0 Å². The van der Waals surface area contributed by atoms with Crippen molar-refractivity contribution in [2.75, 3.05) is 7.11 Å². The molecule has 0 heterocycles. The first-order valence-corrected chi connectivity index (χ1v) is 5.15. The topological polar surface area (TPSA) is 72.5 Å². The second-order valence-electron chi connectivity index (χ2n) is 2.83. The number of aromatic hydroxyl groups is 1. The minimum Gasteiger partial charge on any atom is -0.506 e. The normalized spacial score (nSPS) is 12.3. The van der Waals surface area contributed by atoms with Crippen molar-refractivity contribution in [2.45, 2.75) is 6.04 Å². The maximum absolute atomic E-state index is 11.2. The molecule has 0 saturated heterocycles. The summed E-state index contributed by atoms with van der Waals surface area (Å²) < 4.78 is 4.85. The summed E-state index contributed by atoms with van der Waals surface area (Å²) in [7, 11) is 1.22. The van der Waals surface area contributed by atoms with Crippen molar-refractivity contribution in [2.24, 2.45) is 5.73 Å². The molecule has 82 valence electrons. The average Bonchev–Trinajstić information content (AvgIpc) is 2.21. The Bertz CT molecular complexity index is 397. The Hall–Kier alpha value is -0.780. The number of methoxy groups -OCH3 is 1. The summed E-state index contributed by atoms with van der Waals surface area (Å²) in [5, 5.41) is 10.0. The van der Waals surface area contributed by atoms with Crippen molar-refractivity contribution in [3.05, 3.63) is 27.2 Å². The Balaban J connectivity index is 3.19. The quantitative estimate of drug-likeness (QED) is 0.818. The van der Waals surface area contributed by atoms with Crippen LogP contribution in [0.4, 0.5) is 0 Å². The minimum atomic E-state index is -1.05. The van der Waals surface area contributed by atoms with Crippen LogP contribution in [-0.4, -0.2) is 18.2 Å². The van der Waals surface area contributed by atoms with Crippen LogP contribution in [0, 0.1) is 0 Å². The zero-order valence-corrected chi connectivity index (χ0v) is 10.2. The van der Waals surface area contributed by atoms with Gasteiger partial charge in [0, 0.05) is 10.6 Å². The number of carbonyl (C=O) groups excluding carboxylic acids is 1. The largest absolute Gasteiger partial charge is 0.506 e. The van der Waals surface area contributed by atoms with Crippen LogP contribution in [0.5, 0.6) is 5.75 Å². The van der Waals surface area contributed by atoms with E-state index in [2.05, 4.69) is 20.7 Å². The van der Waals surface area contributed by atoms with Crippen molar-refractivity contribution < 1.29 is 14.6 Å². The molecule has 0 bridgehead atoms. The van der Waals surface area contributed by atoms with E-state index in [0.29, 0.717) is 9.50 Å². The van der Waals surface area contributed by atoms with Crippen molar-refractivity contribution in [1.29, 1.82) is 0 Å². The molecule has 6 heteroatoms. The van der Waals surface area contributed by atoms with E-state index >= 15 is 0 Å². The monoisotopic (exact) mass is 293 g/mol. The first-order chi connectivity index (χ1) is 6.97. The lowest BCUT2D eigenvalue weighted by Crippen LogP contribution is -2.22. The Morgan fingerprint density at radius 3 is 2.80 bits per heavy atom. The lowest BCUT2D eigenvalue weighted by molar-refractivity contribution is -0.142. The maximum atomic E-state index is 11.2. The third-order valence-electron chi connectivity index (χ3n) is 1.85. The highest BCUT2D eigenvalue weighted by atomic mass is 79.9. The van der Waals surface area contributed by atoms with Crippen LogP contribution in [0.3, 0.4) is 0 Å². The molecule has 1 atom stereocenters. The minimum absolute atomic E-state index is 0.114. The molecule has 3 N–H and O–H groups in total. The number of phenols is 1. The molecule has 0 aliphatic heterocycles. The van der Waals surface area contributed by atoms with Gasteiger partial charge in [0.2, 0.25) is 0 Å². The van der Waals surface area contributed by atoms with Crippen molar-refractivity contribution in [1.82, 2.24) is 0 Å². The molecule has 1 rings (SSSR count). The van der Waals surface area contributed by atoms with Gasteiger partial charge in [-0.3, -0.25) is 4.79 Å². The van der Waals surface area contributed by atoms with Gasteiger partial charge in [-0.2, -0.15) is 0 Å². The van der Waals surface area contributed by atoms with Gasteiger partial charge < -0.3 is 15.6 Å². The Morgan fingerprint density at radius 1 is 1.67 bits per heavy atom. The van der Waals surface area contributed by atoms with Crippen LogP contribution in [0.1, 0.15) is 11.6 Å². The van der Waals surface area contributed by atoms with Crippen LogP contribution in [0.2, 0.25) is 5.02 Å². The summed E-state index contributed by atoms with van der Waals surface area (Å²) in [6.45, 7) is 0. The van der Waals surface area contributed by atoms with Crippen LogP contribution >= 0.6 is 27.5 Å². The van der Waals surface area contributed by atoms with E-state index in [1.165, 1.54) is 19.2 Å². The lowest BCUT2D eigenvalue weighted by Gasteiger charge is -2.12. The SMILES string of the molecule is COC(=O)[C@H](N)c1cc(Cl)cc(Br)c1O. The van der Waals surface area contributed by atoms with E-state index in [1.54, 1.807) is 0 Å². The number of ether oxygens (including phenoxy) is 1. The highest BCUT2D eigenvalue weighted by Crippen LogP contribution is 2.34. The molecular weight excluding hydrogens is 285 g/mol. The van der Waals surface area contributed by atoms with Crippen LogP contribution in [-0.2, 0) is 9.53 Å². The molecule has 0 fully saturated rings. The number of carbonyl (C=O) groups is 1. The number of esters is 1. The van der Waals surface area contributed by atoms with Crippen molar-refractivity contribution in [3.8, 4) is 5.75 Å². The van der Waals surface area contributed by atoms with E-state index in [4.69, 9.17) is 17.3 Å². The maximum Gasteiger partial charge on any atom is 0.327 e. The first kappa shape index (κ1) is 12.3. The molecule has 0 aromatic heterocycles.